The lowest BCUT2D eigenvalue weighted by Gasteiger charge is -2.14. The highest BCUT2D eigenvalue weighted by molar-refractivity contribution is 5.81. The number of benzene rings is 1. The van der Waals surface area contributed by atoms with E-state index in [0.29, 0.717) is 6.54 Å². The highest BCUT2D eigenvalue weighted by Crippen LogP contribution is 2.13. The van der Waals surface area contributed by atoms with Gasteiger partial charge in [-0.1, -0.05) is 19.1 Å². The highest BCUT2D eigenvalue weighted by atomic mass is 16.2. The van der Waals surface area contributed by atoms with E-state index in [1.165, 1.54) is 0 Å². The Balaban J connectivity index is 1.93. The van der Waals surface area contributed by atoms with Crippen LogP contribution >= 0.6 is 0 Å². The van der Waals surface area contributed by atoms with Crippen molar-refractivity contribution in [3.8, 4) is 0 Å². The van der Waals surface area contributed by atoms with Gasteiger partial charge in [-0.2, -0.15) is 0 Å². The summed E-state index contributed by atoms with van der Waals surface area (Å²) in [5.74, 6) is 0.0503. The number of rotatable bonds is 6. The van der Waals surface area contributed by atoms with Crippen LogP contribution in [0.3, 0.4) is 0 Å². The van der Waals surface area contributed by atoms with Gasteiger partial charge < -0.3 is 10.6 Å². The summed E-state index contributed by atoms with van der Waals surface area (Å²) < 4.78 is 0. The van der Waals surface area contributed by atoms with Crippen molar-refractivity contribution in [2.45, 2.75) is 32.9 Å². The first-order valence-corrected chi connectivity index (χ1v) is 7.05. The van der Waals surface area contributed by atoms with Crippen LogP contribution in [0.15, 0.2) is 36.5 Å². The summed E-state index contributed by atoms with van der Waals surface area (Å²) >= 11 is 0. The minimum atomic E-state index is -0.189. The van der Waals surface area contributed by atoms with Crippen LogP contribution in [0.5, 0.6) is 0 Å². The van der Waals surface area contributed by atoms with E-state index in [1.54, 1.807) is 6.20 Å². The topological polar surface area (TPSA) is 54.0 Å². The molecule has 1 amide bonds. The van der Waals surface area contributed by atoms with Crippen molar-refractivity contribution in [2.75, 3.05) is 6.54 Å². The van der Waals surface area contributed by atoms with Crippen LogP contribution in [-0.4, -0.2) is 23.5 Å². The summed E-state index contributed by atoms with van der Waals surface area (Å²) in [5.41, 5.74) is 2.14. The third-order valence-electron chi connectivity index (χ3n) is 3.22. The summed E-state index contributed by atoms with van der Waals surface area (Å²) in [5, 5.41) is 7.25. The van der Waals surface area contributed by atoms with E-state index < -0.39 is 0 Å². The van der Waals surface area contributed by atoms with Gasteiger partial charge in [-0.15, -0.1) is 0 Å². The molecule has 0 fully saturated rings. The number of hydrogen-bond donors (Lipinski definition) is 2. The lowest BCUT2D eigenvalue weighted by atomic mass is 10.1. The SMILES string of the molecule is CCCNC(=O)C(C)NCc1ccc2ncccc2c1. The van der Waals surface area contributed by atoms with Gasteiger partial charge in [0.05, 0.1) is 11.6 Å². The summed E-state index contributed by atoms with van der Waals surface area (Å²) in [6.07, 6.45) is 2.75. The Morgan fingerprint density at radius 3 is 3.00 bits per heavy atom. The molecule has 0 aliphatic carbocycles. The molecule has 2 rings (SSSR count). The van der Waals surface area contributed by atoms with Gasteiger partial charge in [-0.05, 0) is 37.1 Å². The van der Waals surface area contributed by atoms with Crippen molar-refractivity contribution in [2.24, 2.45) is 0 Å². The molecule has 0 saturated carbocycles. The third-order valence-corrected chi connectivity index (χ3v) is 3.22. The third kappa shape index (κ3) is 3.78. The molecule has 1 heterocycles. The fraction of sp³-hybridized carbons (Fsp3) is 0.375. The van der Waals surface area contributed by atoms with Crippen molar-refractivity contribution in [1.29, 1.82) is 0 Å². The minimum Gasteiger partial charge on any atom is -0.355 e. The number of carbonyl (C=O) groups excluding carboxylic acids is 1. The molecule has 0 aliphatic rings. The largest absolute Gasteiger partial charge is 0.355 e. The number of nitrogens with zero attached hydrogens (tertiary/aromatic N) is 1. The van der Waals surface area contributed by atoms with Gasteiger partial charge in [0.2, 0.25) is 5.91 Å². The molecule has 4 nitrogen and oxygen atoms in total. The van der Waals surface area contributed by atoms with Crippen molar-refractivity contribution in [1.82, 2.24) is 15.6 Å². The van der Waals surface area contributed by atoms with Gasteiger partial charge in [0, 0.05) is 24.7 Å². The Kier molecular flexibility index (Phi) is 5.07. The fourth-order valence-corrected chi connectivity index (χ4v) is 2.00. The Hall–Kier alpha value is -1.94. The molecule has 1 aromatic heterocycles. The van der Waals surface area contributed by atoms with E-state index in [1.807, 2.05) is 38.1 Å². The summed E-state index contributed by atoms with van der Waals surface area (Å²) in [4.78, 5) is 16.0. The van der Waals surface area contributed by atoms with Gasteiger partial charge >= 0.3 is 0 Å². The maximum Gasteiger partial charge on any atom is 0.236 e. The number of aromatic nitrogens is 1. The van der Waals surface area contributed by atoms with Crippen LogP contribution in [0.4, 0.5) is 0 Å². The van der Waals surface area contributed by atoms with Crippen molar-refractivity contribution < 1.29 is 4.79 Å². The van der Waals surface area contributed by atoms with Gasteiger partial charge in [0.1, 0.15) is 0 Å². The van der Waals surface area contributed by atoms with Crippen molar-refractivity contribution >= 4 is 16.8 Å². The fourth-order valence-electron chi connectivity index (χ4n) is 2.00. The first-order chi connectivity index (χ1) is 9.70. The van der Waals surface area contributed by atoms with E-state index in [9.17, 15) is 4.79 Å². The number of carbonyl (C=O) groups is 1. The average molecular weight is 271 g/mol. The molecule has 4 heteroatoms. The van der Waals surface area contributed by atoms with E-state index in [0.717, 1.165) is 29.4 Å². The summed E-state index contributed by atoms with van der Waals surface area (Å²) in [7, 11) is 0. The predicted octanol–water partition coefficient (Wildman–Crippen LogP) is 2.24. The van der Waals surface area contributed by atoms with Crippen LogP contribution in [0, 0.1) is 0 Å². The molecule has 1 atom stereocenters. The number of hydrogen-bond acceptors (Lipinski definition) is 3. The van der Waals surface area contributed by atoms with Crippen molar-refractivity contribution in [3.05, 3.63) is 42.1 Å². The maximum absolute atomic E-state index is 11.8. The van der Waals surface area contributed by atoms with Crippen LogP contribution in [0.1, 0.15) is 25.8 Å². The normalized spacial score (nSPS) is 12.3. The van der Waals surface area contributed by atoms with Crippen molar-refractivity contribution in [3.63, 3.8) is 0 Å². The zero-order chi connectivity index (χ0) is 14.4. The first-order valence-electron chi connectivity index (χ1n) is 7.05. The van der Waals surface area contributed by atoms with E-state index in [-0.39, 0.29) is 11.9 Å². The molecule has 0 saturated heterocycles. The molecule has 1 unspecified atom stereocenters. The average Bonchev–Trinajstić information content (AvgIpc) is 2.50. The molecule has 2 aromatic rings. The number of nitrogens with one attached hydrogen (secondary N) is 2. The predicted molar refractivity (Wildman–Crippen MR) is 81.3 cm³/mol. The molecule has 1 aromatic carbocycles. The molecule has 20 heavy (non-hydrogen) atoms. The lowest BCUT2D eigenvalue weighted by Crippen LogP contribution is -2.42. The Bertz CT molecular complexity index is 583. The zero-order valence-corrected chi connectivity index (χ0v) is 12.0. The molecular formula is C16H21N3O. The second kappa shape index (κ2) is 7.01. The quantitative estimate of drug-likeness (QED) is 0.847. The van der Waals surface area contributed by atoms with Gasteiger partial charge in [-0.3, -0.25) is 9.78 Å². The number of amides is 1. The molecule has 0 radical (unpaired) electrons. The smallest absolute Gasteiger partial charge is 0.236 e. The Morgan fingerprint density at radius 2 is 2.20 bits per heavy atom. The van der Waals surface area contributed by atoms with Crippen LogP contribution in [0.2, 0.25) is 0 Å². The van der Waals surface area contributed by atoms with Crippen LogP contribution < -0.4 is 10.6 Å². The molecule has 0 bridgehead atoms. The first kappa shape index (κ1) is 14.5. The van der Waals surface area contributed by atoms with E-state index >= 15 is 0 Å². The standard InChI is InChI=1S/C16H21N3O/c1-3-8-18-16(20)12(2)19-11-13-6-7-15-14(10-13)5-4-9-17-15/h4-7,9-10,12,19H,3,8,11H2,1-2H3,(H,18,20). The molecule has 106 valence electrons. The monoisotopic (exact) mass is 271 g/mol. The van der Waals surface area contributed by atoms with Gasteiger partial charge in [0.15, 0.2) is 0 Å². The Labute approximate surface area is 119 Å². The molecule has 0 spiro atoms. The number of pyridine rings is 1. The summed E-state index contributed by atoms with van der Waals surface area (Å²) in [6, 6.07) is 9.94. The molecular weight excluding hydrogens is 250 g/mol. The van der Waals surface area contributed by atoms with E-state index in [2.05, 4.69) is 21.7 Å². The van der Waals surface area contributed by atoms with Gasteiger partial charge in [-0.25, -0.2) is 0 Å². The zero-order valence-electron chi connectivity index (χ0n) is 12.0. The molecule has 2 N–H and O–H groups in total. The second-order valence-electron chi connectivity index (χ2n) is 4.92. The highest BCUT2D eigenvalue weighted by Gasteiger charge is 2.10. The summed E-state index contributed by atoms with van der Waals surface area (Å²) in [6.45, 7) is 5.33. The van der Waals surface area contributed by atoms with Crippen LogP contribution in [-0.2, 0) is 11.3 Å². The maximum atomic E-state index is 11.8. The lowest BCUT2D eigenvalue weighted by molar-refractivity contribution is -0.122. The minimum absolute atomic E-state index is 0.0503. The molecule has 0 aliphatic heterocycles. The van der Waals surface area contributed by atoms with E-state index in [4.69, 9.17) is 0 Å². The Morgan fingerprint density at radius 1 is 1.35 bits per heavy atom. The second-order valence-corrected chi connectivity index (χ2v) is 4.92. The van der Waals surface area contributed by atoms with Gasteiger partial charge in [0.25, 0.3) is 0 Å². The van der Waals surface area contributed by atoms with Crippen LogP contribution in [0.25, 0.3) is 10.9 Å². The number of fused-ring (bicyclic) bond motifs is 1.